The van der Waals surface area contributed by atoms with Gasteiger partial charge in [0.1, 0.15) is 5.82 Å². The summed E-state index contributed by atoms with van der Waals surface area (Å²) in [7, 11) is 0. The van der Waals surface area contributed by atoms with E-state index in [1.807, 2.05) is 0 Å². The summed E-state index contributed by atoms with van der Waals surface area (Å²) < 4.78 is 0. The number of carbonyl (C=O) groups excluding carboxylic acids is 1. The zero-order valence-corrected chi connectivity index (χ0v) is 10.9. The predicted octanol–water partition coefficient (Wildman–Crippen LogP) is 1.16. The molecule has 2 atom stereocenters. The number of pyridine rings is 1. The maximum atomic E-state index is 12.3. The summed E-state index contributed by atoms with van der Waals surface area (Å²) in [5.74, 6) is 0.248. The van der Waals surface area contributed by atoms with Crippen molar-refractivity contribution >= 4 is 23.3 Å². The molecule has 1 amide bonds. The number of aromatic nitrogens is 1. The molecule has 2 rings (SSSR count). The number of anilines is 1. The quantitative estimate of drug-likeness (QED) is 0.844. The highest BCUT2D eigenvalue weighted by Crippen LogP contribution is 2.24. The molecule has 5 nitrogen and oxygen atoms in total. The summed E-state index contributed by atoms with van der Waals surface area (Å²) >= 11 is 5.95. The van der Waals surface area contributed by atoms with Crippen LogP contribution in [-0.4, -0.2) is 40.1 Å². The number of aliphatic hydroxyl groups excluding tert-OH is 1. The molecule has 2 unspecified atom stereocenters. The van der Waals surface area contributed by atoms with Crippen molar-refractivity contribution in [1.82, 2.24) is 9.88 Å². The number of aliphatic hydroxyl groups is 1. The van der Waals surface area contributed by atoms with Gasteiger partial charge in [-0.15, -0.1) is 0 Å². The number of nitrogens with zero attached hydrogens (tertiary/aromatic N) is 2. The number of halogens is 1. The van der Waals surface area contributed by atoms with Crippen LogP contribution >= 0.6 is 11.6 Å². The molecule has 2 heterocycles. The monoisotopic (exact) mass is 269 g/mol. The molecule has 0 spiro atoms. The average molecular weight is 270 g/mol. The van der Waals surface area contributed by atoms with Crippen molar-refractivity contribution in [3.05, 3.63) is 22.8 Å². The predicted molar refractivity (Wildman–Crippen MR) is 69.4 cm³/mol. The summed E-state index contributed by atoms with van der Waals surface area (Å²) in [5.41, 5.74) is 5.93. The van der Waals surface area contributed by atoms with Gasteiger partial charge in [0.2, 0.25) is 0 Å². The van der Waals surface area contributed by atoms with E-state index in [-0.39, 0.29) is 17.6 Å². The Balaban J connectivity index is 2.15. The number of amides is 1. The van der Waals surface area contributed by atoms with Crippen LogP contribution in [0.15, 0.2) is 12.3 Å². The first kappa shape index (κ1) is 13.1. The third kappa shape index (κ3) is 2.57. The van der Waals surface area contributed by atoms with Crippen molar-refractivity contribution in [3.63, 3.8) is 0 Å². The van der Waals surface area contributed by atoms with Gasteiger partial charge in [0.05, 0.1) is 16.7 Å². The van der Waals surface area contributed by atoms with Gasteiger partial charge >= 0.3 is 0 Å². The Labute approximate surface area is 111 Å². The van der Waals surface area contributed by atoms with E-state index in [1.165, 1.54) is 12.3 Å². The van der Waals surface area contributed by atoms with Crippen molar-refractivity contribution in [2.45, 2.75) is 19.4 Å². The van der Waals surface area contributed by atoms with Crippen LogP contribution < -0.4 is 5.73 Å². The van der Waals surface area contributed by atoms with Gasteiger partial charge in [-0.05, 0) is 19.4 Å². The molecule has 98 valence electrons. The Morgan fingerprint density at radius 2 is 2.44 bits per heavy atom. The highest BCUT2D eigenvalue weighted by Gasteiger charge is 2.30. The minimum absolute atomic E-state index is 0.131. The molecule has 0 aromatic carbocycles. The van der Waals surface area contributed by atoms with Crippen LogP contribution in [0.3, 0.4) is 0 Å². The maximum absolute atomic E-state index is 12.3. The van der Waals surface area contributed by atoms with Gasteiger partial charge in [-0.1, -0.05) is 11.6 Å². The summed E-state index contributed by atoms with van der Waals surface area (Å²) in [6.07, 6.45) is 1.79. The summed E-state index contributed by atoms with van der Waals surface area (Å²) in [5, 5.41) is 9.83. The van der Waals surface area contributed by atoms with Crippen molar-refractivity contribution in [2.24, 2.45) is 5.92 Å². The van der Waals surface area contributed by atoms with Gasteiger partial charge in [-0.25, -0.2) is 4.98 Å². The van der Waals surface area contributed by atoms with Crippen molar-refractivity contribution in [1.29, 1.82) is 0 Å². The van der Waals surface area contributed by atoms with E-state index in [9.17, 15) is 9.90 Å². The molecule has 1 aliphatic rings. The van der Waals surface area contributed by atoms with Crippen LogP contribution in [0.25, 0.3) is 0 Å². The normalized spacial score (nSPS) is 21.1. The van der Waals surface area contributed by atoms with Crippen LogP contribution in [0.5, 0.6) is 0 Å². The fourth-order valence-corrected chi connectivity index (χ4v) is 2.34. The Hall–Kier alpha value is -1.33. The van der Waals surface area contributed by atoms with Gasteiger partial charge in [-0.3, -0.25) is 4.79 Å². The number of hydrogen-bond donors (Lipinski definition) is 2. The lowest BCUT2D eigenvalue weighted by molar-refractivity contribution is 0.0762. The van der Waals surface area contributed by atoms with Gasteiger partial charge in [0.15, 0.2) is 0 Å². The van der Waals surface area contributed by atoms with E-state index in [0.717, 1.165) is 6.42 Å². The molecule has 0 radical (unpaired) electrons. The Bertz CT molecular complexity index is 465. The van der Waals surface area contributed by atoms with E-state index in [4.69, 9.17) is 17.3 Å². The molecule has 1 saturated heterocycles. The molecular formula is C12H16ClN3O2. The van der Waals surface area contributed by atoms with Crippen LogP contribution in [-0.2, 0) is 0 Å². The van der Waals surface area contributed by atoms with Gasteiger partial charge in [0, 0.05) is 25.2 Å². The van der Waals surface area contributed by atoms with Crippen molar-refractivity contribution in [3.8, 4) is 0 Å². The molecule has 1 aromatic heterocycles. The van der Waals surface area contributed by atoms with Gasteiger partial charge < -0.3 is 15.7 Å². The smallest absolute Gasteiger partial charge is 0.255 e. The number of nitrogens with two attached hydrogens (primary N) is 1. The molecular weight excluding hydrogens is 254 g/mol. The minimum Gasteiger partial charge on any atom is -0.393 e. The minimum atomic E-state index is -0.402. The summed E-state index contributed by atoms with van der Waals surface area (Å²) in [6, 6.07) is 1.49. The number of hydrogen-bond acceptors (Lipinski definition) is 4. The van der Waals surface area contributed by atoms with E-state index < -0.39 is 6.10 Å². The van der Waals surface area contributed by atoms with Crippen molar-refractivity contribution < 1.29 is 9.90 Å². The molecule has 0 saturated carbocycles. The second-order valence-electron chi connectivity index (χ2n) is 4.63. The maximum Gasteiger partial charge on any atom is 0.255 e. The van der Waals surface area contributed by atoms with E-state index in [1.54, 1.807) is 11.8 Å². The van der Waals surface area contributed by atoms with Crippen molar-refractivity contribution in [2.75, 3.05) is 18.8 Å². The zero-order valence-electron chi connectivity index (χ0n) is 10.1. The average Bonchev–Trinajstić information content (AvgIpc) is 2.81. The van der Waals surface area contributed by atoms with Crippen LogP contribution in [0.2, 0.25) is 5.02 Å². The Kier molecular flexibility index (Phi) is 3.73. The van der Waals surface area contributed by atoms with Crippen LogP contribution in [0.1, 0.15) is 23.7 Å². The van der Waals surface area contributed by atoms with Crippen LogP contribution in [0.4, 0.5) is 5.82 Å². The summed E-state index contributed by atoms with van der Waals surface area (Å²) in [6.45, 7) is 2.93. The van der Waals surface area contributed by atoms with Crippen LogP contribution in [0, 0.1) is 5.92 Å². The SMILES string of the molecule is CC(O)C1CCN(C(=O)c2cc(N)ncc2Cl)C1. The lowest BCUT2D eigenvalue weighted by atomic mass is 10.0. The third-order valence-corrected chi connectivity index (χ3v) is 3.60. The van der Waals surface area contributed by atoms with E-state index >= 15 is 0 Å². The highest BCUT2D eigenvalue weighted by molar-refractivity contribution is 6.33. The largest absolute Gasteiger partial charge is 0.393 e. The molecule has 0 bridgehead atoms. The first-order valence-electron chi connectivity index (χ1n) is 5.87. The topological polar surface area (TPSA) is 79.5 Å². The fraction of sp³-hybridized carbons (Fsp3) is 0.500. The number of likely N-dealkylation sites (tertiary alicyclic amines) is 1. The second kappa shape index (κ2) is 5.12. The fourth-order valence-electron chi connectivity index (χ4n) is 2.15. The molecule has 1 fully saturated rings. The highest BCUT2D eigenvalue weighted by atomic mass is 35.5. The molecule has 1 aromatic rings. The number of rotatable bonds is 2. The molecule has 1 aliphatic heterocycles. The Morgan fingerprint density at radius 1 is 1.72 bits per heavy atom. The molecule has 3 N–H and O–H groups in total. The third-order valence-electron chi connectivity index (χ3n) is 3.30. The second-order valence-corrected chi connectivity index (χ2v) is 5.04. The van der Waals surface area contributed by atoms with E-state index in [0.29, 0.717) is 23.7 Å². The Morgan fingerprint density at radius 3 is 3.06 bits per heavy atom. The lowest BCUT2D eigenvalue weighted by Crippen LogP contribution is -2.30. The number of nitrogen functional groups attached to an aromatic ring is 1. The molecule has 0 aliphatic carbocycles. The lowest BCUT2D eigenvalue weighted by Gasteiger charge is -2.18. The first-order chi connectivity index (χ1) is 8.49. The first-order valence-corrected chi connectivity index (χ1v) is 6.25. The van der Waals surface area contributed by atoms with E-state index in [2.05, 4.69) is 4.98 Å². The van der Waals surface area contributed by atoms with Gasteiger partial charge in [0.25, 0.3) is 5.91 Å². The zero-order chi connectivity index (χ0) is 13.3. The molecule has 18 heavy (non-hydrogen) atoms. The molecule has 6 heteroatoms. The number of carbonyl (C=O) groups is 1. The summed E-state index contributed by atoms with van der Waals surface area (Å²) in [4.78, 5) is 17.8. The standard InChI is InChI=1S/C12H16ClN3O2/c1-7(17)8-2-3-16(6-8)12(18)9-4-11(14)15-5-10(9)13/h4-5,7-8,17H,2-3,6H2,1H3,(H2,14,15). The van der Waals surface area contributed by atoms with Gasteiger partial charge in [-0.2, -0.15) is 0 Å².